The Morgan fingerprint density at radius 1 is 0.957 bits per heavy atom. The van der Waals surface area contributed by atoms with E-state index in [4.69, 9.17) is 27.9 Å². The molecule has 5 rings (SSSR count). The summed E-state index contributed by atoms with van der Waals surface area (Å²) in [6, 6.07) is 23.2. The van der Waals surface area contributed by atoms with Crippen LogP contribution < -0.4 is 20.3 Å². The number of carbonyl (C=O) groups is 3. The minimum absolute atomic E-state index is 0.0572. The number of halogens is 2. The SMILES string of the molecule is Cc1ccc2cccc(OCc3c(Cl)ccc(N(C)C(=O)CNC(=O)C=Cc4ccc(NC(=O)c5cccnc5)cc4)c3Cl)c2n1. The monoisotopic (exact) mass is 653 g/mol. The van der Waals surface area contributed by atoms with Crippen molar-refractivity contribution in [1.82, 2.24) is 15.3 Å². The van der Waals surface area contributed by atoms with Crippen LogP contribution in [0.5, 0.6) is 5.75 Å². The number of hydrogen-bond donors (Lipinski definition) is 2. The largest absolute Gasteiger partial charge is 0.487 e. The number of para-hydroxylation sites is 1. The zero-order valence-corrected chi connectivity index (χ0v) is 26.5. The van der Waals surface area contributed by atoms with Gasteiger partial charge in [-0.2, -0.15) is 0 Å². The molecule has 2 aromatic heterocycles. The zero-order chi connectivity index (χ0) is 32.6. The second-order valence-electron chi connectivity index (χ2n) is 10.2. The highest BCUT2D eigenvalue weighted by Crippen LogP contribution is 2.35. The van der Waals surface area contributed by atoms with Crippen LogP contribution in [0.2, 0.25) is 10.0 Å². The Morgan fingerprint density at radius 2 is 1.76 bits per heavy atom. The molecule has 2 N–H and O–H groups in total. The van der Waals surface area contributed by atoms with Crippen molar-refractivity contribution in [2.24, 2.45) is 0 Å². The summed E-state index contributed by atoms with van der Waals surface area (Å²) in [5.74, 6) is -0.530. The number of hydrogen-bond acceptors (Lipinski definition) is 6. The van der Waals surface area contributed by atoms with Gasteiger partial charge >= 0.3 is 0 Å². The minimum atomic E-state index is -0.453. The van der Waals surface area contributed by atoms with Gasteiger partial charge in [-0.25, -0.2) is 4.98 Å². The van der Waals surface area contributed by atoms with Crippen LogP contribution in [-0.4, -0.2) is 41.3 Å². The van der Waals surface area contributed by atoms with E-state index in [1.54, 1.807) is 67.9 Å². The van der Waals surface area contributed by atoms with E-state index in [0.717, 1.165) is 22.2 Å². The summed E-state index contributed by atoms with van der Waals surface area (Å²) >= 11 is 13.2. The maximum Gasteiger partial charge on any atom is 0.257 e. The summed E-state index contributed by atoms with van der Waals surface area (Å²) < 4.78 is 6.08. The Morgan fingerprint density at radius 3 is 2.52 bits per heavy atom. The first-order valence-electron chi connectivity index (χ1n) is 14.2. The highest BCUT2D eigenvalue weighted by molar-refractivity contribution is 6.38. The van der Waals surface area contributed by atoms with Gasteiger partial charge in [-0.05, 0) is 67.1 Å². The van der Waals surface area contributed by atoms with E-state index in [2.05, 4.69) is 20.6 Å². The first kappa shape index (κ1) is 32.2. The number of carbonyl (C=O) groups excluding carboxylic acids is 3. The number of aromatic nitrogens is 2. The number of likely N-dealkylation sites (N-methyl/N-ethyl adjacent to an activating group) is 1. The number of amides is 3. The van der Waals surface area contributed by atoms with Crippen molar-refractivity contribution in [2.75, 3.05) is 23.8 Å². The lowest BCUT2D eigenvalue weighted by Gasteiger charge is -2.21. The van der Waals surface area contributed by atoms with Crippen molar-refractivity contribution in [3.05, 3.63) is 130 Å². The lowest BCUT2D eigenvalue weighted by atomic mass is 10.1. The number of benzene rings is 3. The molecule has 0 saturated carbocycles. The molecule has 2 heterocycles. The van der Waals surface area contributed by atoms with Crippen molar-refractivity contribution in [2.45, 2.75) is 13.5 Å². The van der Waals surface area contributed by atoms with Gasteiger partial charge in [0, 0.05) is 52.9 Å². The van der Waals surface area contributed by atoms with Crippen molar-refractivity contribution >= 4 is 69.3 Å². The van der Waals surface area contributed by atoms with Crippen LogP contribution in [0, 0.1) is 6.92 Å². The molecule has 0 spiro atoms. The van der Waals surface area contributed by atoms with Crippen LogP contribution >= 0.6 is 23.2 Å². The van der Waals surface area contributed by atoms with E-state index >= 15 is 0 Å². The molecule has 46 heavy (non-hydrogen) atoms. The molecule has 3 aromatic carbocycles. The van der Waals surface area contributed by atoms with Crippen molar-refractivity contribution in [1.29, 1.82) is 0 Å². The quantitative estimate of drug-likeness (QED) is 0.159. The standard InChI is InChI=1S/C35H29Cl2N5O4/c1-22-8-12-24-5-3-7-30(34(24)40-22)46-21-27-28(36)15-16-29(33(27)37)42(2)32(44)20-39-31(43)17-11-23-9-13-26(14-10-23)41-35(45)25-6-4-18-38-19-25/h3-19H,20-21H2,1-2H3,(H,39,43)(H,41,45). The molecule has 9 nitrogen and oxygen atoms in total. The fourth-order valence-electron chi connectivity index (χ4n) is 4.48. The third-order valence-electron chi connectivity index (χ3n) is 7.03. The molecule has 0 aliphatic rings. The van der Waals surface area contributed by atoms with Gasteiger partial charge in [0.05, 0.1) is 22.8 Å². The average molecular weight is 655 g/mol. The first-order chi connectivity index (χ1) is 22.2. The summed E-state index contributed by atoms with van der Waals surface area (Å²) in [6.07, 6.45) is 6.00. The Labute approximate surface area is 275 Å². The third kappa shape index (κ3) is 7.87. The van der Waals surface area contributed by atoms with Crippen molar-refractivity contribution in [3.8, 4) is 5.75 Å². The van der Waals surface area contributed by atoms with Gasteiger partial charge < -0.3 is 20.3 Å². The Bertz CT molecular complexity index is 1930. The van der Waals surface area contributed by atoms with Crippen LogP contribution in [0.3, 0.4) is 0 Å². The van der Waals surface area contributed by atoms with Crippen LogP contribution in [-0.2, 0) is 16.2 Å². The number of nitrogens with one attached hydrogen (secondary N) is 2. The number of aryl methyl sites for hydroxylation is 1. The Balaban J connectivity index is 1.16. The number of anilines is 2. The predicted molar refractivity (Wildman–Crippen MR) is 181 cm³/mol. The topological polar surface area (TPSA) is 114 Å². The molecule has 0 fully saturated rings. The number of ether oxygens (including phenoxy) is 1. The highest BCUT2D eigenvalue weighted by atomic mass is 35.5. The lowest BCUT2D eigenvalue weighted by molar-refractivity contribution is -0.122. The van der Waals surface area contributed by atoms with Gasteiger partial charge in [-0.3, -0.25) is 19.4 Å². The molecule has 5 aromatic rings. The zero-order valence-electron chi connectivity index (χ0n) is 25.0. The molecule has 0 radical (unpaired) electrons. The molecule has 0 saturated heterocycles. The summed E-state index contributed by atoms with van der Waals surface area (Å²) in [4.78, 5) is 47.6. The average Bonchev–Trinajstić information content (AvgIpc) is 3.07. The van der Waals surface area contributed by atoms with E-state index in [9.17, 15) is 14.4 Å². The van der Waals surface area contributed by atoms with E-state index in [0.29, 0.717) is 33.3 Å². The fraction of sp³-hybridized carbons (Fsp3) is 0.114. The molecule has 3 amide bonds. The van der Waals surface area contributed by atoms with Crippen LogP contribution in [0.15, 0.2) is 97.3 Å². The molecule has 0 aliphatic carbocycles. The molecule has 232 valence electrons. The number of fused-ring (bicyclic) bond motifs is 1. The van der Waals surface area contributed by atoms with Gasteiger partial charge in [0.2, 0.25) is 11.8 Å². The summed E-state index contributed by atoms with van der Waals surface area (Å²) in [7, 11) is 1.57. The number of pyridine rings is 2. The molecular formula is C35H29Cl2N5O4. The normalized spacial score (nSPS) is 11.0. The summed E-state index contributed by atoms with van der Waals surface area (Å²) in [5, 5.41) is 6.98. The van der Waals surface area contributed by atoms with Gasteiger partial charge in [-0.1, -0.05) is 53.5 Å². The van der Waals surface area contributed by atoms with Crippen LogP contribution in [0.25, 0.3) is 17.0 Å². The number of rotatable bonds is 10. The van der Waals surface area contributed by atoms with Crippen molar-refractivity contribution < 1.29 is 19.1 Å². The second kappa shape index (κ2) is 14.7. The van der Waals surface area contributed by atoms with E-state index in [1.807, 2.05) is 37.3 Å². The minimum Gasteiger partial charge on any atom is -0.487 e. The molecule has 0 aliphatic heterocycles. The first-order valence-corrected chi connectivity index (χ1v) is 14.9. The van der Waals surface area contributed by atoms with Crippen LogP contribution in [0.4, 0.5) is 11.4 Å². The van der Waals surface area contributed by atoms with Crippen molar-refractivity contribution in [3.63, 3.8) is 0 Å². The molecular weight excluding hydrogens is 625 g/mol. The number of nitrogens with zero attached hydrogens (tertiary/aromatic N) is 3. The molecule has 0 atom stereocenters. The maximum absolute atomic E-state index is 13.0. The van der Waals surface area contributed by atoms with Gasteiger partial charge in [-0.15, -0.1) is 0 Å². The highest BCUT2D eigenvalue weighted by Gasteiger charge is 2.19. The smallest absolute Gasteiger partial charge is 0.257 e. The fourth-order valence-corrected chi connectivity index (χ4v) is 5.09. The van der Waals surface area contributed by atoms with E-state index in [-0.39, 0.29) is 30.0 Å². The van der Waals surface area contributed by atoms with Gasteiger partial charge in [0.15, 0.2) is 0 Å². The third-order valence-corrected chi connectivity index (χ3v) is 7.80. The Kier molecular flexibility index (Phi) is 10.3. The van der Waals surface area contributed by atoms with E-state index in [1.165, 1.54) is 17.2 Å². The van der Waals surface area contributed by atoms with Gasteiger partial charge in [0.25, 0.3) is 5.91 Å². The second-order valence-corrected chi connectivity index (χ2v) is 11.0. The van der Waals surface area contributed by atoms with Gasteiger partial charge in [0.1, 0.15) is 17.9 Å². The molecule has 0 unspecified atom stereocenters. The summed E-state index contributed by atoms with van der Waals surface area (Å²) in [6.45, 7) is 1.71. The lowest BCUT2D eigenvalue weighted by Crippen LogP contribution is -2.37. The molecule has 11 heteroatoms. The summed E-state index contributed by atoms with van der Waals surface area (Å²) in [5.41, 5.74) is 4.30. The van der Waals surface area contributed by atoms with Crippen LogP contribution in [0.1, 0.15) is 27.2 Å². The van der Waals surface area contributed by atoms with E-state index < -0.39 is 5.91 Å². The Hall–Kier alpha value is -5.25. The molecule has 0 bridgehead atoms. The maximum atomic E-state index is 13.0. The predicted octanol–water partition coefficient (Wildman–Crippen LogP) is 6.87.